The average Bonchev–Trinajstić information content (AvgIpc) is 2.47. The lowest BCUT2D eigenvalue weighted by Gasteiger charge is -2.15. The maximum Gasteiger partial charge on any atom is 0.202 e. The summed E-state index contributed by atoms with van der Waals surface area (Å²) in [7, 11) is 0. The van der Waals surface area contributed by atoms with Crippen molar-refractivity contribution in [2.45, 2.75) is 13.0 Å². The minimum absolute atomic E-state index is 0.144. The zero-order chi connectivity index (χ0) is 14.5. The van der Waals surface area contributed by atoms with Gasteiger partial charge in [-0.1, -0.05) is 41.9 Å². The molecule has 0 spiro atoms. The Morgan fingerprint density at radius 2 is 1.95 bits per heavy atom. The second kappa shape index (κ2) is 6.23. The summed E-state index contributed by atoms with van der Waals surface area (Å²) in [6.45, 7) is 1.65. The molecule has 0 heterocycles. The van der Waals surface area contributed by atoms with E-state index in [2.05, 4.69) is 0 Å². The van der Waals surface area contributed by atoms with Crippen molar-refractivity contribution in [3.63, 3.8) is 0 Å². The Bertz CT molecular complexity index is 662. The summed E-state index contributed by atoms with van der Waals surface area (Å²) in [5.74, 6) is 0.172. The van der Waals surface area contributed by atoms with Gasteiger partial charge in [0.05, 0.1) is 5.56 Å². The number of ether oxygens (including phenoxy) is 1. The fraction of sp³-hybridized carbons (Fsp3) is 0.125. The summed E-state index contributed by atoms with van der Waals surface area (Å²) in [5, 5.41) is 9.48. The van der Waals surface area contributed by atoms with Crippen molar-refractivity contribution in [3.05, 3.63) is 64.7 Å². The molecule has 0 aliphatic rings. The second-order valence-corrected chi connectivity index (χ2v) is 4.68. The number of carbonyl (C=O) groups excluding carboxylic acids is 1. The predicted octanol–water partition coefficient (Wildman–Crippen LogP) is 3.86. The number of benzene rings is 2. The molecule has 0 aliphatic carbocycles. The number of nitriles is 1. The molecule has 0 bridgehead atoms. The molecule has 2 aromatic rings. The molecule has 3 nitrogen and oxygen atoms in total. The monoisotopic (exact) mass is 285 g/mol. The first-order chi connectivity index (χ1) is 9.61. The van der Waals surface area contributed by atoms with Crippen molar-refractivity contribution in [2.24, 2.45) is 0 Å². The lowest BCUT2D eigenvalue weighted by atomic mass is 10.1. The summed E-state index contributed by atoms with van der Waals surface area (Å²) in [5.41, 5.74) is 0.919. The predicted molar refractivity (Wildman–Crippen MR) is 77.0 cm³/mol. The highest BCUT2D eigenvalue weighted by atomic mass is 35.5. The lowest BCUT2D eigenvalue weighted by molar-refractivity contribution is 0.0818. The van der Waals surface area contributed by atoms with E-state index >= 15 is 0 Å². The highest BCUT2D eigenvalue weighted by Gasteiger charge is 2.18. The highest BCUT2D eigenvalue weighted by molar-refractivity contribution is 6.30. The van der Waals surface area contributed by atoms with Gasteiger partial charge in [-0.2, -0.15) is 5.26 Å². The Morgan fingerprint density at radius 1 is 1.25 bits per heavy atom. The van der Waals surface area contributed by atoms with Crippen molar-refractivity contribution in [2.75, 3.05) is 0 Å². The van der Waals surface area contributed by atoms with Crippen LogP contribution >= 0.6 is 11.6 Å². The van der Waals surface area contributed by atoms with E-state index in [0.29, 0.717) is 21.9 Å². The smallest absolute Gasteiger partial charge is 0.202 e. The van der Waals surface area contributed by atoms with Crippen LogP contribution in [-0.4, -0.2) is 11.9 Å². The molecule has 2 aromatic carbocycles. The van der Waals surface area contributed by atoms with E-state index in [4.69, 9.17) is 21.6 Å². The fourth-order valence-corrected chi connectivity index (χ4v) is 1.93. The number of nitrogens with zero attached hydrogens (tertiary/aromatic N) is 1. The molecule has 0 N–H and O–H groups in total. The molecule has 4 heteroatoms. The van der Waals surface area contributed by atoms with Crippen LogP contribution in [-0.2, 0) is 0 Å². The van der Waals surface area contributed by atoms with Gasteiger partial charge in [0.25, 0.3) is 0 Å². The zero-order valence-electron chi connectivity index (χ0n) is 10.8. The first kappa shape index (κ1) is 14.1. The second-order valence-electron chi connectivity index (χ2n) is 4.24. The Kier molecular flexibility index (Phi) is 4.39. The van der Waals surface area contributed by atoms with Gasteiger partial charge < -0.3 is 4.74 Å². The third-order valence-electron chi connectivity index (χ3n) is 2.80. The molecular weight excluding hydrogens is 274 g/mol. The summed E-state index contributed by atoms with van der Waals surface area (Å²) < 4.78 is 5.58. The topological polar surface area (TPSA) is 50.1 Å². The van der Waals surface area contributed by atoms with Gasteiger partial charge in [0.1, 0.15) is 11.8 Å². The third kappa shape index (κ3) is 3.17. The third-order valence-corrected chi connectivity index (χ3v) is 3.03. The number of Topliss-reactive ketones (excluding diaryl/α,β-unsaturated/α-hetero) is 1. The Balaban J connectivity index is 2.20. The van der Waals surface area contributed by atoms with Crippen LogP contribution in [0.4, 0.5) is 0 Å². The summed E-state index contributed by atoms with van der Waals surface area (Å²) in [6.07, 6.45) is -0.692. The largest absolute Gasteiger partial charge is 0.481 e. The van der Waals surface area contributed by atoms with Gasteiger partial charge in [-0.25, -0.2) is 0 Å². The Morgan fingerprint density at radius 3 is 2.60 bits per heavy atom. The van der Waals surface area contributed by atoms with Crippen LogP contribution in [0, 0.1) is 11.3 Å². The molecule has 0 aliphatic heterocycles. The molecular formula is C16H12ClNO2. The van der Waals surface area contributed by atoms with Crippen molar-refractivity contribution in [3.8, 4) is 11.8 Å². The molecule has 0 radical (unpaired) electrons. The first-order valence-corrected chi connectivity index (χ1v) is 6.45. The maximum atomic E-state index is 12.2. The van der Waals surface area contributed by atoms with E-state index in [1.54, 1.807) is 43.3 Å². The number of ketones is 1. The van der Waals surface area contributed by atoms with Crippen LogP contribution in [0.3, 0.4) is 0 Å². The van der Waals surface area contributed by atoms with Crippen LogP contribution in [0.2, 0.25) is 5.02 Å². The van der Waals surface area contributed by atoms with E-state index in [1.807, 2.05) is 12.1 Å². The Hall–Kier alpha value is -2.31. The highest BCUT2D eigenvalue weighted by Crippen LogP contribution is 2.24. The molecule has 100 valence electrons. The number of hydrogen-bond acceptors (Lipinski definition) is 3. The summed E-state index contributed by atoms with van der Waals surface area (Å²) in [4.78, 5) is 12.2. The van der Waals surface area contributed by atoms with Crippen molar-refractivity contribution < 1.29 is 9.53 Å². The fourth-order valence-electron chi connectivity index (χ4n) is 1.77. The van der Waals surface area contributed by atoms with E-state index in [0.717, 1.165) is 0 Å². The number of rotatable bonds is 4. The molecule has 0 fully saturated rings. The number of carbonyl (C=O) groups is 1. The Labute approximate surface area is 122 Å². The van der Waals surface area contributed by atoms with Crippen LogP contribution in [0.5, 0.6) is 5.75 Å². The quantitative estimate of drug-likeness (QED) is 0.802. The van der Waals surface area contributed by atoms with E-state index < -0.39 is 6.10 Å². The number of hydrogen-bond donors (Lipinski definition) is 0. The van der Waals surface area contributed by atoms with Crippen LogP contribution in [0.15, 0.2) is 48.5 Å². The van der Waals surface area contributed by atoms with Gasteiger partial charge >= 0.3 is 0 Å². The van der Waals surface area contributed by atoms with Gasteiger partial charge in [-0.05, 0) is 19.1 Å². The molecule has 0 saturated heterocycles. The van der Waals surface area contributed by atoms with Crippen LogP contribution in [0.1, 0.15) is 22.8 Å². The van der Waals surface area contributed by atoms with E-state index in [-0.39, 0.29) is 5.78 Å². The molecule has 0 aromatic heterocycles. The van der Waals surface area contributed by atoms with Crippen LogP contribution in [0.25, 0.3) is 0 Å². The van der Waals surface area contributed by atoms with Gasteiger partial charge in [0.2, 0.25) is 5.78 Å². The lowest BCUT2D eigenvalue weighted by Crippen LogP contribution is -2.24. The number of halogens is 1. The summed E-state index contributed by atoms with van der Waals surface area (Å²) >= 11 is 5.88. The minimum Gasteiger partial charge on any atom is -0.481 e. The zero-order valence-corrected chi connectivity index (χ0v) is 11.6. The standard InChI is InChI=1S/C16H12ClNO2/c1-11(16(19)12-5-3-2-4-6-12)20-15-9-14(17)8-7-13(15)10-18/h2-9,11H,1H3. The van der Waals surface area contributed by atoms with Gasteiger partial charge in [-0.3, -0.25) is 4.79 Å². The van der Waals surface area contributed by atoms with E-state index in [9.17, 15) is 4.79 Å². The molecule has 0 saturated carbocycles. The van der Waals surface area contributed by atoms with Crippen molar-refractivity contribution in [1.29, 1.82) is 5.26 Å². The molecule has 1 atom stereocenters. The maximum absolute atomic E-state index is 12.2. The first-order valence-electron chi connectivity index (χ1n) is 6.07. The van der Waals surface area contributed by atoms with Crippen molar-refractivity contribution in [1.82, 2.24) is 0 Å². The molecule has 20 heavy (non-hydrogen) atoms. The van der Waals surface area contributed by atoms with E-state index in [1.165, 1.54) is 6.07 Å². The van der Waals surface area contributed by atoms with Crippen molar-refractivity contribution >= 4 is 17.4 Å². The van der Waals surface area contributed by atoms with Crippen LogP contribution < -0.4 is 4.74 Å². The molecule has 2 rings (SSSR count). The SMILES string of the molecule is CC(Oc1cc(Cl)ccc1C#N)C(=O)c1ccccc1. The van der Waals surface area contributed by atoms with Gasteiger partial charge in [0, 0.05) is 16.7 Å². The minimum atomic E-state index is -0.692. The molecule has 0 amide bonds. The van der Waals surface area contributed by atoms with Gasteiger partial charge in [0.15, 0.2) is 6.10 Å². The molecule has 1 unspecified atom stereocenters. The van der Waals surface area contributed by atoms with Gasteiger partial charge in [-0.15, -0.1) is 0 Å². The average molecular weight is 286 g/mol. The summed E-state index contributed by atoms with van der Waals surface area (Å²) in [6, 6.07) is 15.6. The normalized spacial score (nSPS) is 11.4.